The van der Waals surface area contributed by atoms with Gasteiger partial charge in [0.15, 0.2) is 5.82 Å². The Morgan fingerprint density at radius 1 is 1.39 bits per heavy atom. The first-order valence-electron chi connectivity index (χ1n) is 5.34. The Kier molecular flexibility index (Phi) is 2.45. The molecule has 3 aromatic rings. The predicted octanol–water partition coefficient (Wildman–Crippen LogP) is 2.01. The smallest absolute Gasteiger partial charge is 0.223 e. The lowest BCUT2D eigenvalue weighted by Gasteiger charge is -2.02. The van der Waals surface area contributed by atoms with Gasteiger partial charge in [-0.1, -0.05) is 16.8 Å². The molecule has 0 atom stereocenters. The van der Waals surface area contributed by atoms with E-state index in [9.17, 15) is 0 Å². The third kappa shape index (κ3) is 1.80. The molecule has 1 aromatic carbocycles. The molecule has 0 aliphatic rings. The molecule has 0 aliphatic heterocycles. The number of anilines is 1. The maximum Gasteiger partial charge on any atom is 0.223 e. The molecular weight excluding hydrogens is 254 g/mol. The first kappa shape index (κ1) is 11.0. The largest absolute Gasteiger partial charge is 0.369 e. The lowest BCUT2D eigenvalue weighted by molar-refractivity contribution is 0.386. The van der Waals surface area contributed by atoms with E-state index in [1.807, 2.05) is 12.1 Å². The Labute approximate surface area is 107 Å². The maximum atomic E-state index is 5.98. The quantitative estimate of drug-likeness (QED) is 0.765. The molecule has 6 nitrogen and oxygen atoms in total. The molecule has 0 unspecified atom stereocenters. The molecule has 0 spiro atoms. The number of nitrogens with two attached hydrogens (primary N) is 1. The van der Waals surface area contributed by atoms with Gasteiger partial charge in [0, 0.05) is 11.9 Å². The number of benzene rings is 1. The highest BCUT2D eigenvalue weighted by Gasteiger charge is 2.11. The molecule has 0 fully saturated rings. The Morgan fingerprint density at radius 2 is 2.22 bits per heavy atom. The van der Waals surface area contributed by atoms with Gasteiger partial charge in [-0.15, -0.1) is 0 Å². The summed E-state index contributed by atoms with van der Waals surface area (Å²) < 4.78 is 6.72. The van der Waals surface area contributed by atoms with Crippen molar-refractivity contribution in [2.45, 2.75) is 13.5 Å². The van der Waals surface area contributed by atoms with Crippen LogP contribution >= 0.6 is 11.6 Å². The standard InChI is InChI=1S/C11H10ClN5O/c1-6-14-10(16-18-6)5-17-9-4-7(12)2-3-8(9)15-11(17)13/h2-4H,5H2,1H3,(H2,13,15). The zero-order valence-corrected chi connectivity index (χ0v) is 10.3. The fourth-order valence-corrected chi connectivity index (χ4v) is 1.99. The normalized spacial score (nSPS) is 11.2. The summed E-state index contributed by atoms with van der Waals surface area (Å²) in [5, 5.41) is 4.47. The van der Waals surface area contributed by atoms with Crippen molar-refractivity contribution in [2.75, 3.05) is 5.73 Å². The van der Waals surface area contributed by atoms with Crippen molar-refractivity contribution in [3.63, 3.8) is 0 Å². The number of halogens is 1. The molecule has 0 bridgehead atoms. The monoisotopic (exact) mass is 263 g/mol. The van der Waals surface area contributed by atoms with Gasteiger partial charge in [-0.05, 0) is 18.2 Å². The number of rotatable bonds is 2. The Morgan fingerprint density at radius 3 is 2.94 bits per heavy atom. The lowest BCUT2D eigenvalue weighted by Crippen LogP contribution is -2.05. The molecule has 2 N–H and O–H groups in total. The van der Waals surface area contributed by atoms with E-state index in [1.54, 1.807) is 17.6 Å². The summed E-state index contributed by atoms with van der Waals surface area (Å²) in [6.07, 6.45) is 0. The maximum absolute atomic E-state index is 5.98. The van der Waals surface area contributed by atoms with Gasteiger partial charge in [-0.25, -0.2) is 4.98 Å². The van der Waals surface area contributed by atoms with Crippen molar-refractivity contribution in [3.8, 4) is 0 Å². The molecule has 7 heteroatoms. The Hall–Kier alpha value is -2.08. The molecule has 0 saturated carbocycles. The van der Waals surface area contributed by atoms with Gasteiger partial charge in [-0.3, -0.25) is 0 Å². The van der Waals surface area contributed by atoms with E-state index in [0.717, 1.165) is 11.0 Å². The van der Waals surface area contributed by atoms with E-state index in [1.165, 1.54) is 0 Å². The van der Waals surface area contributed by atoms with Crippen molar-refractivity contribution >= 4 is 28.6 Å². The van der Waals surface area contributed by atoms with Gasteiger partial charge in [0.2, 0.25) is 11.8 Å². The first-order chi connectivity index (χ1) is 8.63. The average molecular weight is 264 g/mol. The molecular formula is C11H10ClN5O. The van der Waals surface area contributed by atoms with E-state index in [0.29, 0.717) is 29.2 Å². The van der Waals surface area contributed by atoms with Crippen molar-refractivity contribution in [1.82, 2.24) is 19.7 Å². The summed E-state index contributed by atoms with van der Waals surface area (Å²) in [4.78, 5) is 8.39. The van der Waals surface area contributed by atoms with E-state index in [4.69, 9.17) is 21.9 Å². The fraction of sp³-hybridized carbons (Fsp3) is 0.182. The van der Waals surface area contributed by atoms with Crippen LogP contribution in [0.3, 0.4) is 0 Å². The highest BCUT2D eigenvalue weighted by Crippen LogP contribution is 2.22. The van der Waals surface area contributed by atoms with Gasteiger partial charge < -0.3 is 14.8 Å². The molecule has 0 aliphatic carbocycles. The van der Waals surface area contributed by atoms with Gasteiger partial charge in [0.1, 0.15) is 0 Å². The van der Waals surface area contributed by atoms with Crippen molar-refractivity contribution in [1.29, 1.82) is 0 Å². The Bertz CT molecular complexity index is 717. The number of aryl methyl sites for hydroxylation is 1. The molecule has 92 valence electrons. The molecule has 0 amide bonds. The van der Waals surface area contributed by atoms with E-state index in [-0.39, 0.29) is 0 Å². The lowest BCUT2D eigenvalue weighted by atomic mass is 10.3. The molecule has 2 aromatic heterocycles. The zero-order valence-electron chi connectivity index (χ0n) is 9.59. The van der Waals surface area contributed by atoms with Crippen LogP contribution in [0.1, 0.15) is 11.7 Å². The third-order valence-corrected chi connectivity index (χ3v) is 2.84. The number of imidazole rings is 1. The highest BCUT2D eigenvalue weighted by molar-refractivity contribution is 6.31. The fourth-order valence-electron chi connectivity index (χ4n) is 1.83. The second-order valence-corrected chi connectivity index (χ2v) is 4.36. The summed E-state index contributed by atoms with van der Waals surface area (Å²) in [6, 6.07) is 5.42. The first-order valence-corrected chi connectivity index (χ1v) is 5.72. The summed E-state index contributed by atoms with van der Waals surface area (Å²) >= 11 is 5.98. The van der Waals surface area contributed by atoms with Crippen LogP contribution in [0, 0.1) is 6.92 Å². The summed E-state index contributed by atoms with van der Waals surface area (Å²) in [6.45, 7) is 2.14. The van der Waals surface area contributed by atoms with Crippen LogP contribution in [0.5, 0.6) is 0 Å². The minimum Gasteiger partial charge on any atom is -0.369 e. The molecule has 0 radical (unpaired) electrons. The summed E-state index contributed by atoms with van der Waals surface area (Å²) in [5.74, 6) is 1.47. The second kappa shape index (κ2) is 3.99. The zero-order chi connectivity index (χ0) is 12.7. The van der Waals surface area contributed by atoms with E-state index >= 15 is 0 Å². The Balaban J connectivity index is 2.10. The highest BCUT2D eigenvalue weighted by atomic mass is 35.5. The van der Waals surface area contributed by atoms with Crippen LogP contribution in [0.4, 0.5) is 5.95 Å². The van der Waals surface area contributed by atoms with Crippen molar-refractivity contribution in [2.24, 2.45) is 0 Å². The van der Waals surface area contributed by atoms with Crippen LogP contribution in [0.25, 0.3) is 11.0 Å². The number of aromatic nitrogens is 4. The van der Waals surface area contributed by atoms with E-state index in [2.05, 4.69) is 15.1 Å². The SMILES string of the molecule is Cc1nc(Cn2c(N)nc3ccc(Cl)cc32)no1. The number of nitrogens with zero attached hydrogens (tertiary/aromatic N) is 4. The van der Waals surface area contributed by atoms with E-state index < -0.39 is 0 Å². The van der Waals surface area contributed by atoms with Gasteiger partial charge in [-0.2, -0.15) is 4.98 Å². The van der Waals surface area contributed by atoms with Crippen LogP contribution in [0.2, 0.25) is 5.02 Å². The molecule has 2 heterocycles. The van der Waals surface area contributed by atoms with Gasteiger partial charge in [0.25, 0.3) is 0 Å². The molecule has 3 rings (SSSR count). The number of nitrogen functional groups attached to an aromatic ring is 1. The second-order valence-electron chi connectivity index (χ2n) is 3.92. The number of hydrogen-bond acceptors (Lipinski definition) is 5. The predicted molar refractivity (Wildman–Crippen MR) is 67.3 cm³/mol. The van der Waals surface area contributed by atoms with Crippen LogP contribution < -0.4 is 5.73 Å². The van der Waals surface area contributed by atoms with Crippen LogP contribution in [-0.4, -0.2) is 19.7 Å². The number of fused-ring (bicyclic) bond motifs is 1. The summed E-state index contributed by atoms with van der Waals surface area (Å²) in [7, 11) is 0. The minimum absolute atomic E-state index is 0.398. The molecule has 18 heavy (non-hydrogen) atoms. The van der Waals surface area contributed by atoms with Gasteiger partial charge >= 0.3 is 0 Å². The topological polar surface area (TPSA) is 82.8 Å². The minimum atomic E-state index is 0.398. The van der Waals surface area contributed by atoms with Crippen LogP contribution in [0.15, 0.2) is 22.7 Å². The average Bonchev–Trinajstić information content (AvgIpc) is 2.86. The summed E-state index contributed by atoms with van der Waals surface area (Å²) in [5.41, 5.74) is 7.52. The van der Waals surface area contributed by atoms with Gasteiger partial charge in [0.05, 0.1) is 17.6 Å². The third-order valence-electron chi connectivity index (χ3n) is 2.61. The number of hydrogen-bond donors (Lipinski definition) is 1. The van der Waals surface area contributed by atoms with Crippen molar-refractivity contribution < 1.29 is 4.52 Å². The van der Waals surface area contributed by atoms with Crippen molar-refractivity contribution in [3.05, 3.63) is 34.9 Å². The molecule has 0 saturated heterocycles. The van der Waals surface area contributed by atoms with Crippen LogP contribution in [-0.2, 0) is 6.54 Å².